The Balaban J connectivity index is 1.56. The zero-order chi connectivity index (χ0) is 23.8. The highest BCUT2D eigenvalue weighted by Gasteiger charge is 2.49. The quantitative estimate of drug-likeness (QED) is 0.502. The molecule has 8 nitrogen and oxygen atoms in total. The van der Waals surface area contributed by atoms with Gasteiger partial charge in [-0.25, -0.2) is 9.97 Å². The molecule has 1 aliphatic rings. The molecule has 2 aromatic heterocycles. The van der Waals surface area contributed by atoms with Crippen molar-refractivity contribution in [2.75, 3.05) is 5.32 Å². The number of aromatic amines is 1. The SMILES string of the molecule is Cc1ccc(Br)nc1NC(=O)[C@@H]1CC(C)(C)[C@@H](C)N1C(=O)Cc1cccc(-c2ncn[nH]2)c1. The van der Waals surface area contributed by atoms with Crippen molar-refractivity contribution in [3.05, 3.63) is 58.5 Å². The third kappa shape index (κ3) is 4.83. The van der Waals surface area contributed by atoms with Gasteiger partial charge in [0.2, 0.25) is 11.8 Å². The lowest BCUT2D eigenvalue weighted by atomic mass is 9.84. The largest absolute Gasteiger partial charge is 0.327 e. The van der Waals surface area contributed by atoms with Crippen molar-refractivity contribution in [2.24, 2.45) is 5.41 Å². The van der Waals surface area contributed by atoms with E-state index in [1.54, 1.807) is 4.90 Å². The van der Waals surface area contributed by atoms with Gasteiger partial charge in [0.1, 0.15) is 22.8 Å². The van der Waals surface area contributed by atoms with Gasteiger partial charge in [0, 0.05) is 11.6 Å². The van der Waals surface area contributed by atoms with Crippen LogP contribution in [0.1, 0.15) is 38.3 Å². The lowest BCUT2D eigenvalue weighted by molar-refractivity contribution is -0.138. The number of nitrogens with zero attached hydrogens (tertiary/aromatic N) is 4. The second-order valence-electron chi connectivity index (χ2n) is 9.19. The molecular weight excluding hydrogens is 484 g/mol. The number of carbonyl (C=O) groups is 2. The van der Waals surface area contributed by atoms with Crippen molar-refractivity contribution in [2.45, 2.75) is 52.6 Å². The molecule has 0 aliphatic carbocycles. The standard InChI is InChI=1S/C24H27BrN6O2/c1-14-8-9-19(25)28-21(14)29-23(33)18-12-24(3,4)15(2)31(18)20(32)11-16-6-5-7-17(10-16)22-26-13-27-30-22/h5-10,13,15,18H,11-12H2,1-4H3,(H,26,27,30)(H,28,29,33)/t15-,18+/m1/s1. The van der Waals surface area contributed by atoms with E-state index in [2.05, 4.69) is 55.3 Å². The maximum Gasteiger partial charge on any atom is 0.248 e. The van der Waals surface area contributed by atoms with E-state index in [9.17, 15) is 9.59 Å². The number of carbonyl (C=O) groups excluding carboxylic acids is 2. The van der Waals surface area contributed by atoms with Crippen molar-refractivity contribution in [1.82, 2.24) is 25.1 Å². The highest BCUT2D eigenvalue weighted by atomic mass is 79.9. The van der Waals surface area contributed by atoms with E-state index in [-0.39, 0.29) is 29.7 Å². The van der Waals surface area contributed by atoms with Crippen LogP contribution in [0.4, 0.5) is 5.82 Å². The Morgan fingerprint density at radius 3 is 2.79 bits per heavy atom. The summed E-state index contributed by atoms with van der Waals surface area (Å²) >= 11 is 3.35. The summed E-state index contributed by atoms with van der Waals surface area (Å²) in [6, 6.07) is 10.7. The normalized spacial score (nSPS) is 19.5. The summed E-state index contributed by atoms with van der Waals surface area (Å²) in [5, 5.41) is 9.67. The van der Waals surface area contributed by atoms with Crippen LogP contribution in [0.3, 0.4) is 0 Å². The van der Waals surface area contributed by atoms with Crippen LogP contribution in [0.15, 0.2) is 47.3 Å². The first-order valence-electron chi connectivity index (χ1n) is 10.9. The Labute approximate surface area is 201 Å². The highest BCUT2D eigenvalue weighted by molar-refractivity contribution is 9.10. The fraction of sp³-hybridized carbons (Fsp3) is 0.375. The molecule has 172 valence electrons. The lowest BCUT2D eigenvalue weighted by Gasteiger charge is -2.31. The Morgan fingerprint density at radius 1 is 1.27 bits per heavy atom. The number of hydrogen-bond donors (Lipinski definition) is 2. The molecule has 2 N–H and O–H groups in total. The lowest BCUT2D eigenvalue weighted by Crippen LogP contribution is -2.47. The molecule has 0 unspecified atom stereocenters. The number of likely N-dealkylation sites (tertiary alicyclic amines) is 1. The molecule has 1 saturated heterocycles. The van der Waals surface area contributed by atoms with Crippen LogP contribution in [-0.4, -0.2) is 49.0 Å². The summed E-state index contributed by atoms with van der Waals surface area (Å²) < 4.78 is 0.642. The minimum atomic E-state index is -0.569. The number of aromatic nitrogens is 4. The maximum absolute atomic E-state index is 13.5. The van der Waals surface area contributed by atoms with Crippen LogP contribution in [0, 0.1) is 12.3 Å². The van der Waals surface area contributed by atoms with Crippen LogP contribution in [0.5, 0.6) is 0 Å². The smallest absolute Gasteiger partial charge is 0.248 e. The Morgan fingerprint density at radius 2 is 2.06 bits per heavy atom. The molecule has 2 amide bonds. The Hall–Kier alpha value is -3.07. The predicted octanol–water partition coefficient (Wildman–Crippen LogP) is 4.13. The Bertz CT molecular complexity index is 1180. The molecule has 3 aromatic rings. The van der Waals surface area contributed by atoms with Crippen LogP contribution < -0.4 is 5.32 Å². The molecule has 4 rings (SSSR count). The van der Waals surface area contributed by atoms with Gasteiger partial charge >= 0.3 is 0 Å². The van der Waals surface area contributed by atoms with Gasteiger partial charge in [-0.2, -0.15) is 5.10 Å². The number of aryl methyl sites for hydroxylation is 1. The second kappa shape index (κ2) is 9.05. The summed E-state index contributed by atoms with van der Waals surface area (Å²) in [6.07, 6.45) is 2.23. The monoisotopic (exact) mass is 510 g/mol. The summed E-state index contributed by atoms with van der Waals surface area (Å²) in [6.45, 7) is 8.09. The van der Waals surface area contributed by atoms with Gasteiger partial charge in [-0.15, -0.1) is 0 Å². The Kier molecular flexibility index (Phi) is 6.34. The number of anilines is 1. The van der Waals surface area contributed by atoms with Gasteiger partial charge in [-0.1, -0.05) is 38.1 Å². The average molecular weight is 511 g/mol. The molecule has 0 radical (unpaired) electrons. The van der Waals surface area contributed by atoms with E-state index in [1.165, 1.54) is 6.33 Å². The number of benzene rings is 1. The van der Waals surface area contributed by atoms with Gasteiger partial charge in [0.05, 0.1) is 6.42 Å². The average Bonchev–Trinajstić information content (AvgIpc) is 3.38. The molecule has 2 atom stereocenters. The molecule has 33 heavy (non-hydrogen) atoms. The first-order valence-corrected chi connectivity index (χ1v) is 11.6. The molecular formula is C24H27BrN6O2. The van der Waals surface area contributed by atoms with E-state index in [1.807, 2.05) is 50.2 Å². The zero-order valence-electron chi connectivity index (χ0n) is 19.1. The predicted molar refractivity (Wildman–Crippen MR) is 129 cm³/mol. The molecule has 0 spiro atoms. The first-order chi connectivity index (χ1) is 15.7. The molecule has 0 bridgehead atoms. The zero-order valence-corrected chi connectivity index (χ0v) is 20.7. The van der Waals surface area contributed by atoms with Crippen LogP contribution in [-0.2, 0) is 16.0 Å². The topological polar surface area (TPSA) is 104 Å². The van der Waals surface area contributed by atoms with E-state index in [4.69, 9.17) is 0 Å². The van der Waals surface area contributed by atoms with Gasteiger partial charge in [-0.05, 0) is 64.9 Å². The minimum absolute atomic E-state index is 0.0816. The minimum Gasteiger partial charge on any atom is -0.327 e. The summed E-state index contributed by atoms with van der Waals surface area (Å²) in [5.74, 6) is 0.847. The molecule has 1 fully saturated rings. The molecule has 0 saturated carbocycles. The number of H-pyrrole nitrogens is 1. The van der Waals surface area contributed by atoms with E-state index >= 15 is 0 Å². The number of nitrogens with one attached hydrogen (secondary N) is 2. The van der Waals surface area contributed by atoms with Gasteiger partial charge in [0.25, 0.3) is 0 Å². The number of rotatable bonds is 5. The number of amides is 2. The van der Waals surface area contributed by atoms with Crippen molar-refractivity contribution in [3.63, 3.8) is 0 Å². The molecule has 1 aliphatic heterocycles. The van der Waals surface area contributed by atoms with Gasteiger partial charge in [0.15, 0.2) is 5.82 Å². The number of hydrogen-bond acceptors (Lipinski definition) is 5. The van der Waals surface area contributed by atoms with Crippen LogP contribution >= 0.6 is 15.9 Å². The summed E-state index contributed by atoms with van der Waals surface area (Å²) in [4.78, 5) is 37.1. The number of halogens is 1. The van der Waals surface area contributed by atoms with Crippen molar-refractivity contribution in [1.29, 1.82) is 0 Å². The first kappa shape index (κ1) is 23.1. The maximum atomic E-state index is 13.5. The second-order valence-corrected chi connectivity index (χ2v) is 10.00. The fourth-order valence-electron chi connectivity index (χ4n) is 4.29. The van der Waals surface area contributed by atoms with E-state index < -0.39 is 6.04 Å². The number of pyridine rings is 1. The fourth-order valence-corrected chi connectivity index (χ4v) is 4.60. The van der Waals surface area contributed by atoms with Crippen molar-refractivity contribution in [3.8, 4) is 11.4 Å². The van der Waals surface area contributed by atoms with Crippen LogP contribution in [0.2, 0.25) is 0 Å². The van der Waals surface area contributed by atoms with Crippen molar-refractivity contribution < 1.29 is 9.59 Å². The summed E-state index contributed by atoms with van der Waals surface area (Å²) in [5.41, 5.74) is 2.38. The third-order valence-electron chi connectivity index (χ3n) is 6.47. The summed E-state index contributed by atoms with van der Waals surface area (Å²) in [7, 11) is 0. The van der Waals surface area contributed by atoms with E-state index in [0.717, 1.165) is 16.7 Å². The van der Waals surface area contributed by atoms with Crippen LogP contribution in [0.25, 0.3) is 11.4 Å². The van der Waals surface area contributed by atoms with Gasteiger partial charge < -0.3 is 10.2 Å². The van der Waals surface area contributed by atoms with Gasteiger partial charge in [-0.3, -0.25) is 14.7 Å². The highest BCUT2D eigenvalue weighted by Crippen LogP contribution is 2.41. The van der Waals surface area contributed by atoms with E-state index in [0.29, 0.717) is 22.7 Å². The molecule has 9 heteroatoms. The van der Waals surface area contributed by atoms with Crippen molar-refractivity contribution >= 4 is 33.6 Å². The molecule has 3 heterocycles. The third-order valence-corrected chi connectivity index (χ3v) is 6.91. The molecule has 1 aromatic carbocycles.